The number of benzene rings is 2. The number of carbonyl (C=O) groups excluding carboxylic acids is 1. The Bertz CT molecular complexity index is 903. The van der Waals surface area contributed by atoms with Crippen LogP contribution in [0.25, 0.3) is 0 Å². The number of rotatable bonds is 6. The summed E-state index contributed by atoms with van der Waals surface area (Å²) in [7, 11) is 0. The van der Waals surface area contributed by atoms with Gasteiger partial charge in [0.1, 0.15) is 5.69 Å². The highest BCUT2D eigenvalue weighted by atomic mass is 35.5. The maximum absolute atomic E-state index is 12.3. The number of aromatic nitrogens is 2. The molecule has 0 saturated heterocycles. The molecular formula is C19H16Cl2N4O. The number of nitrogens with zero attached hydrogens (tertiary/aromatic N) is 2. The van der Waals surface area contributed by atoms with Crippen molar-refractivity contribution in [3.63, 3.8) is 0 Å². The second-order valence-corrected chi connectivity index (χ2v) is 6.35. The van der Waals surface area contributed by atoms with Gasteiger partial charge in [0.2, 0.25) is 5.95 Å². The molecule has 0 radical (unpaired) electrons. The van der Waals surface area contributed by atoms with Gasteiger partial charge in [0, 0.05) is 17.8 Å². The second kappa shape index (κ2) is 8.65. The van der Waals surface area contributed by atoms with Gasteiger partial charge in [-0.1, -0.05) is 53.5 Å². The minimum Gasteiger partial charge on any atom is -0.350 e. The molecule has 2 N–H and O–H groups in total. The van der Waals surface area contributed by atoms with Crippen molar-refractivity contribution in [2.24, 2.45) is 0 Å². The van der Waals surface area contributed by atoms with Crippen LogP contribution in [0.15, 0.2) is 60.8 Å². The maximum atomic E-state index is 12.3. The Morgan fingerprint density at radius 2 is 1.85 bits per heavy atom. The molecule has 0 unspecified atom stereocenters. The number of amides is 1. The van der Waals surface area contributed by atoms with E-state index in [1.165, 1.54) is 6.20 Å². The van der Waals surface area contributed by atoms with Gasteiger partial charge in [0.25, 0.3) is 5.91 Å². The summed E-state index contributed by atoms with van der Waals surface area (Å²) in [5, 5.41) is 6.84. The second-order valence-electron chi connectivity index (χ2n) is 5.51. The first kappa shape index (κ1) is 18.2. The van der Waals surface area contributed by atoms with Crippen molar-refractivity contribution >= 4 is 40.7 Å². The fraction of sp³-hybridized carbons (Fsp3) is 0.105. The van der Waals surface area contributed by atoms with E-state index in [0.717, 1.165) is 12.0 Å². The van der Waals surface area contributed by atoms with Crippen LogP contribution in [0, 0.1) is 0 Å². The lowest BCUT2D eigenvalue weighted by atomic mass is 10.1. The van der Waals surface area contributed by atoms with Gasteiger partial charge in [-0.15, -0.1) is 0 Å². The van der Waals surface area contributed by atoms with E-state index in [9.17, 15) is 4.79 Å². The molecule has 0 fully saturated rings. The summed E-state index contributed by atoms with van der Waals surface area (Å²) >= 11 is 12.1. The van der Waals surface area contributed by atoms with Crippen molar-refractivity contribution in [3.05, 3.63) is 82.1 Å². The lowest BCUT2D eigenvalue weighted by molar-refractivity contribution is 0.0949. The summed E-state index contributed by atoms with van der Waals surface area (Å²) in [5.41, 5.74) is 2.00. The van der Waals surface area contributed by atoms with Crippen molar-refractivity contribution in [1.29, 1.82) is 0 Å². The molecule has 0 spiro atoms. The molecule has 0 aliphatic heterocycles. The quantitative estimate of drug-likeness (QED) is 0.654. The van der Waals surface area contributed by atoms with E-state index in [2.05, 4.69) is 20.6 Å². The monoisotopic (exact) mass is 386 g/mol. The van der Waals surface area contributed by atoms with Gasteiger partial charge in [-0.3, -0.25) is 4.79 Å². The van der Waals surface area contributed by atoms with Gasteiger partial charge in [0.05, 0.1) is 10.7 Å². The number of hydrogen-bond donors (Lipinski definition) is 2. The largest absolute Gasteiger partial charge is 0.350 e. The summed E-state index contributed by atoms with van der Waals surface area (Å²) in [5.74, 6) is 0.00782. The van der Waals surface area contributed by atoms with Crippen molar-refractivity contribution in [2.45, 2.75) is 6.42 Å². The highest BCUT2D eigenvalue weighted by molar-refractivity contribution is 6.35. The van der Waals surface area contributed by atoms with Crippen molar-refractivity contribution in [2.75, 3.05) is 11.9 Å². The topological polar surface area (TPSA) is 66.9 Å². The lowest BCUT2D eigenvalue weighted by Crippen LogP contribution is -2.26. The molecule has 132 valence electrons. The Kier molecular flexibility index (Phi) is 6.04. The molecule has 0 bridgehead atoms. The normalized spacial score (nSPS) is 10.4. The van der Waals surface area contributed by atoms with Crippen molar-refractivity contribution < 1.29 is 4.79 Å². The van der Waals surface area contributed by atoms with Crippen LogP contribution in [0.2, 0.25) is 10.0 Å². The van der Waals surface area contributed by atoms with E-state index < -0.39 is 0 Å². The fourth-order valence-corrected chi connectivity index (χ4v) is 2.65. The minimum atomic E-state index is -0.261. The first-order chi connectivity index (χ1) is 12.6. The molecule has 0 atom stereocenters. The predicted molar refractivity (Wildman–Crippen MR) is 104 cm³/mol. The Balaban J connectivity index is 1.63. The molecule has 26 heavy (non-hydrogen) atoms. The minimum absolute atomic E-state index is 0.261. The lowest BCUT2D eigenvalue weighted by Gasteiger charge is -2.09. The standard InChI is InChI=1S/C19H16Cl2N4O/c20-14-6-7-15(21)17(12-14)25-19-23-11-9-16(24-19)18(26)22-10-8-13-4-2-1-3-5-13/h1-7,9,11-12H,8,10H2,(H,22,26)(H,23,24,25). The fourth-order valence-electron chi connectivity index (χ4n) is 2.31. The van der Waals surface area contributed by atoms with Gasteiger partial charge in [0.15, 0.2) is 0 Å². The molecule has 1 amide bonds. The summed E-state index contributed by atoms with van der Waals surface area (Å²) in [6.45, 7) is 0.524. The van der Waals surface area contributed by atoms with Crippen LogP contribution >= 0.6 is 23.2 Å². The van der Waals surface area contributed by atoms with Gasteiger partial charge in [-0.2, -0.15) is 0 Å². The number of halogens is 2. The first-order valence-corrected chi connectivity index (χ1v) is 8.74. The molecule has 3 aromatic rings. The highest BCUT2D eigenvalue weighted by Crippen LogP contribution is 2.27. The van der Waals surface area contributed by atoms with E-state index in [-0.39, 0.29) is 17.5 Å². The van der Waals surface area contributed by atoms with Crippen molar-refractivity contribution in [3.8, 4) is 0 Å². The highest BCUT2D eigenvalue weighted by Gasteiger charge is 2.10. The van der Waals surface area contributed by atoms with Gasteiger partial charge in [-0.25, -0.2) is 9.97 Å². The molecule has 5 nitrogen and oxygen atoms in total. The van der Waals surface area contributed by atoms with E-state index in [1.54, 1.807) is 24.3 Å². The van der Waals surface area contributed by atoms with Gasteiger partial charge in [-0.05, 0) is 36.2 Å². The number of nitrogens with one attached hydrogen (secondary N) is 2. The summed E-state index contributed by atoms with van der Waals surface area (Å²) in [6.07, 6.45) is 2.26. The van der Waals surface area contributed by atoms with Crippen LogP contribution in [-0.2, 0) is 6.42 Å². The molecule has 1 aromatic heterocycles. The van der Waals surface area contributed by atoms with Crippen LogP contribution in [0.3, 0.4) is 0 Å². The van der Waals surface area contributed by atoms with Gasteiger partial charge >= 0.3 is 0 Å². The summed E-state index contributed by atoms with van der Waals surface area (Å²) in [4.78, 5) is 20.6. The smallest absolute Gasteiger partial charge is 0.270 e. The average Bonchev–Trinajstić information content (AvgIpc) is 2.66. The van der Waals surface area contributed by atoms with E-state index in [4.69, 9.17) is 23.2 Å². The molecule has 3 rings (SSSR count). The van der Waals surface area contributed by atoms with E-state index in [1.807, 2.05) is 30.3 Å². The summed E-state index contributed by atoms with van der Waals surface area (Å²) in [6, 6.07) is 16.5. The molecular weight excluding hydrogens is 371 g/mol. The number of anilines is 2. The Labute approximate surface area is 161 Å². The molecule has 0 aliphatic rings. The average molecular weight is 387 g/mol. The van der Waals surface area contributed by atoms with E-state index in [0.29, 0.717) is 22.3 Å². The third kappa shape index (κ3) is 4.94. The zero-order chi connectivity index (χ0) is 18.4. The predicted octanol–water partition coefficient (Wildman–Crippen LogP) is 4.50. The zero-order valence-electron chi connectivity index (χ0n) is 13.7. The van der Waals surface area contributed by atoms with Crippen LogP contribution in [0.4, 0.5) is 11.6 Å². The van der Waals surface area contributed by atoms with Crippen LogP contribution in [0.5, 0.6) is 0 Å². The zero-order valence-corrected chi connectivity index (χ0v) is 15.3. The third-order valence-electron chi connectivity index (χ3n) is 3.61. The molecule has 7 heteroatoms. The summed E-state index contributed by atoms with van der Waals surface area (Å²) < 4.78 is 0. The number of hydrogen-bond acceptors (Lipinski definition) is 4. The molecule has 2 aromatic carbocycles. The maximum Gasteiger partial charge on any atom is 0.270 e. The Hall–Kier alpha value is -2.63. The van der Waals surface area contributed by atoms with Crippen LogP contribution in [-0.4, -0.2) is 22.4 Å². The SMILES string of the molecule is O=C(NCCc1ccccc1)c1ccnc(Nc2cc(Cl)ccc2Cl)n1. The Morgan fingerprint density at radius 3 is 2.65 bits per heavy atom. The van der Waals surface area contributed by atoms with Crippen LogP contribution < -0.4 is 10.6 Å². The van der Waals surface area contributed by atoms with E-state index >= 15 is 0 Å². The number of carbonyl (C=O) groups is 1. The first-order valence-electron chi connectivity index (χ1n) is 7.99. The van der Waals surface area contributed by atoms with Crippen LogP contribution in [0.1, 0.15) is 16.1 Å². The van der Waals surface area contributed by atoms with Gasteiger partial charge < -0.3 is 10.6 Å². The molecule has 0 saturated carbocycles. The molecule has 1 heterocycles. The van der Waals surface area contributed by atoms with Crippen molar-refractivity contribution in [1.82, 2.24) is 15.3 Å². The molecule has 0 aliphatic carbocycles. The third-order valence-corrected chi connectivity index (χ3v) is 4.17. The Morgan fingerprint density at radius 1 is 1.04 bits per heavy atom.